The molecule has 6 nitrogen and oxygen atoms in total. The summed E-state index contributed by atoms with van der Waals surface area (Å²) < 4.78 is 11.5. The van der Waals surface area contributed by atoms with Gasteiger partial charge < -0.3 is 9.47 Å². The molecule has 0 fully saturated rings. The fourth-order valence-electron chi connectivity index (χ4n) is 2.12. The molecule has 0 saturated carbocycles. The molecule has 0 amide bonds. The summed E-state index contributed by atoms with van der Waals surface area (Å²) in [5, 5.41) is 4.96. The lowest BCUT2D eigenvalue weighted by Crippen LogP contribution is -2.19. The molecule has 2 rings (SSSR count). The number of benzene rings is 1. The van der Waals surface area contributed by atoms with Gasteiger partial charge in [0, 0.05) is 0 Å². The minimum Gasteiger partial charge on any atom is -0.460 e. The highest BCUT2D eigenvalue weighted by Crippen LogP contribution is 2.22. The minimum absolute atomic E-state index is 0.247. The predicted octanol–water partition coefficient (Wildman–Crippen LogP) is 3.25. The Kier molecular flexibility index (Phi) is 5.62. The van der Waals surface area contributed by atoms with Gasteiger partial charge in [0.05, 0.1) is 33.8 Å². The summed E-state index contributed by atoms with van der Waals surface area (Å²) in [6, 6.07) is 6.68. The molecule has 1 heterocycles. The first kappa shape index (κ1) is 18.0. The predicted molar refractivity (Wildman–Crippen MR) is 89.6 cm³/mol. The highest BCUT2D eigenvalue weighted by atomic mass is 35.5. The van der Waals surface area contributed by atoms with Gasteiger partial charge >= 0.3 is 11.9 Å². The number of carbonyl (C=O) groups excluding carboxylic acids is 2. The Hall–Kier alpha value is -2.34. The average molecular weight is 351 g/mol. The summed E-state index contributed by atoms with van der Waals surface area (Å²) in [6.45, 7) is 6.73. The van der Waals surface area contributed by atoms with Crippen LogP contribution in [0, 0.1) is 13.8 Å². The van der Waals surface area contributed by atoms with E-state index in [1.54, 1.807) is 42.8 Å². The molecule has 0 aliphatic rings. The third kappa shape index (κ3) is 4.14. The normalized spacial score (nSPS) is 10.8. The van der Waals surface area contributed by atoms with Crippen LogP contribution in [0.3, 0.4) is 0 Å². The quantitative estimate of drug-likeness (QED) is 0.774. The number of hydrogen-bond acceptors (Lipinski definition) is 5. The Labute approximate surface area is 145 Å². The van der Waals surface area contributed by atoms with E-state index in [0.717, 1.165) is 17.1 Å². The second-order valence-corrected chi connectivity index (χ2v) is 5.94. The van der Waals surface area contributed by atoms with Crippen molar-refractivity contribution < 1.29 is 19.1 Å². The molecular weight excluding hydrogens is 332 g/mol. The molecule has 0 radical (unpaired) electrons. The molecule has 0 aliphatic carbocycles. The topological polar surface area (TPSA) is 70.4 Å². The molecule has 0 spiro atoms. The summed E-state index contributed by atoms with van der Waals surface area (Å²) in [5.74, 6) is -1.17. The van der Waals surface area contributed by atoms with Crippen LogP contribution in [-0.2, 0) is 14.3 Å². The number of esters is 2. The van der Waals surface area contributed by atoms with Crippen molar-refractivity contribution in [3.8, 4) is 5.69 Å². The summed E-state index contributed by atoms with van der Waals surface area (Å²) >= 11 is 6.14. The first-order valence-corrected chi connectivity index (χ1v) is 7.86. The van der Waals surface area contributed by atoms with E-state index in [9.17, 15) is 9.59 Å². The first-order chi connectivity index (χ1) is 11.3. The zero-order valence-corrected chi connectivity index (χ0v) is 14.8. The van der Waals surface area contributed by atoms with E-state index in [-0.39, 0.29) is 6.10 Å². The number of aryl methyl sites for hydroxylation is 1. The Balaban J connectivity index is 2.05. The van der Waals surface area contributed by atoms with Crippen molar-refractivity contribution in [3.05, 3.63) is 46.2 Å². The van der Waals surface area contributed by atoms with Gasteiger partial charge in [0.1, 0.15) is 0 Å². The SMILES string of the molecule is Cc1nn(-c2ccc(C(=O)OCC(=O)OC(C)C)cc2)c(C)c1Cl. The van der Waals surface area contributed by atoms with E-state index in [4.69, 9.17) is 21.1 Å². The Morgan fingerprint density at radius 2 is 1.83 bits per heavy atom. The van der Waals surface area contributed by atoms with Gasteiger partial charge in [-0.2, -0.15) is 5.10 Å². The number of aromatic nitrogens is 2. The Bertz CT molecular complexity index is 751. The van der Waals surface area contributed by atoms with Crippen LogP contribution >= 0.6 is 11.6 Å². The number of ether oxygens (including phenoxy) is 2. The maximum atomic E-state index is 11.9. The van der Waals surface area contributed by atoms with Gasteiger partial charge in [0.2, 0.25) is 0 Å². The summed E-state index contributed by atoms with van der Waals surface area (Å²) in [6.07, 6.45) is -0.247. The van der Waals surface area contributed by atoms with E-state index in [2.05, 4.69) is 5.10 Å². The van der Waals surface area contributed by atoms with Gasteiger partial charge in [-0.15, -0.1) is 0 Å². The third-order valence-electron chi connectivity index (χ3n) is 3.24. The van der Waals surface area contributed by atoms with Gasteiger partial charge in [-0.05, 0) is 52.0 Å². The lowest BCUT2D eigenvalue weighted by Gasteiger charge is -2.09. The first-order valence-electron chi connectivity index (χ1n) is 7.48. The lowest BCUT2D eigenvalue weighted by atomic mass is 10.2. The summed E-state index contributed by atoms with van der Waals surface area (Å²) in [4.78, 5) is 23.3. The molecule has 0 N–H and O–H groups in total. The molecule has 1 aromatic heterocycles. The smallest absolute Gasteiger partial charge is 0.344 e. The van der Waals surface area contributed by atoms with Crippen molar-refractivity contribution in [3.63, 3.8) is 0 Å². The molecule has 128 valence electrons. The number of halogens is 1. The van der Waals surface area contributed by atoms with Crippen molar-refractivity contribution in [2.75, 3.05) is 6.61 Å². The Morgan fingerprint density at radius 3 is 2.33 bits per heavy atom. The van der Waals surface area contributed by atoms with Crippen LogP contribution in [0.4, 0.5) is 0 Å². The van der Waals surface area contributed by atoms with Crippen LogP contribution in [0.1, 0.15) is 35.6 Å². The third-order valence-corrected chi connectivity index (χ3v) is 3.79. The molecule has 0 unspecified atom stereocenters. The zero-order chi connectivity index (χ0) is 17.9. The van der Waals surface area contributed by atoms with Crippen LogP contribution in [0.2, 0.25) is 5.02 Å². The highest BCUT2D eigenvalue weighted by Gasteiger charge is 2.14. The highest BCUT2D eigenvalue weighted by molar-refractivity contribution is 6.31. The largest absolute Gasteiger partial charge is 0.460 e. The van der Waals surface area contributed by atoms with Crippen LogP contribution in [0.5, 0.6) is 0 Å². The second-order valence-electron chi connectivity index (χ2n) is 5.56. The lowest BCUT2D eigenvalue weighted by molar-refractivity contribution is -0.150. The number of carbonyl (C=O) groups is 2. The standard InChI is InChI=1S/C17H19ClN2O4/c1-10(2)24-15(21)9-23-17(22)13-5-7-14(8-6-13)20-12(4)16(18)11(3)19-20/h5-8,10H,9H2,1-4H3. The van der Waals surface area contributed by atoms with Crippen molar-refractivity contribution in [2.24, 2.45) is 0 Å². The number of rotatable bonds is 5. The van der Waals surface area contributed by atoms with Crippen LogP contribution < -0.4 is 0 Å². The molecule has 0 saturated heterocycles. The van der Waals surface area contributed by atoms with Crippen LogP contribution in [0.25, 0.3) is 5.69 Å². The van der Waals surface area contributed by atoms with Crippen molar-refractivity contribution in [1.82, 2.24) is 9.78 Å². The van der Waals surface area contributed by atoms with E-state index in [0.29, 0.717) is 10.6 Å². The minimum atomic E-state index is -0.589. The maximum Gasteiger partial charge on any atom is 0.344 e. The van der Waals surface area contributed by atoms with E-state index in [1.807, 2.05) is 13.8 Å². The van der Waals surface area contributed by atoms with Crippen molar-refractivity contribution >= 4 is 23.5 Å². The zero-order valence-electron chi connectivity index (χ0n) is 14.0. The molecule has 1 aromatic carbocycles. The van der Waals surface area contributed by atoms with Gasteiger partial charge in [-0.1, -0.05) is 11.6 Å². The van der Waals surface area contributed by atoms with Gasteiger partial charge in [-0.25, -0.2) is 14.3 Å². The van der Waals surface area contributed by atoms with Crippen LogP contribution in [0.15, 0.2) is 24.3 Å². The fourth-order valence-corrected chi connectivity index (χ4v) is 2.24. The molecule has 24 heavy (non-hydrogen) atoms. The van der Waals surface area contributed by atoms with Gasteiger partial charge in [-0.3, -0.25) is 0 Å². The van der Waals surface area contributed by atoms with Crippen molar-refractivity contribution in [2.45, 2.75) is 33.8 Å². The summed E-state index contributed by atoms with van der Waals surface area (Å²) in [5.41, 5.74) is 2.67. The van der Waals surface area contributed by atoms with Gasteiger partial charge in [0.25, 0.3) is 0 Å². The molecule has 0 atom stereocenters. The molecule has 0 bridgehead atoms. The Morgan fingerprint density at radius 1 is 1.21 bits per heavy atom. The van der Waals surface area contributed by atoms with E-state index in [1.165, 1.54) is 0 Å². The number of hydrogen-bond donors (Lipinski definition) is 0. The van der Waals surface area contributed by atoms with Gasteiger partial charge in [0.15, 0.2) is 6.61 Å². The molecular formula is C17H19ClN2O4. The second kappa shape index (κ2) is 7.49. The fraction of sp³-hybridized carbons (Fsp3) is 0.353. The molecule has 2 aromatic rings. The average Bonchev–Trinajstić information content (AvgIpc) is 2.79. The van der Waals surface area contributed by atoms with E-state index < -0.39 is 18.5 Å². The van der Waals surface area contributed by atoms with Crippen molar-refractivity contribution in [1.29, 1.82) is 0 Å². The van der Waals surface area contributed by atoms with E-state index >= 15 is 0 Å². The van der Waals surface area contributed by atoms with Crippen LogP contribution in [-0.4, -0.2) is 34.4 Å². The molecule has 7 heteroatoms. The number of nitrogens with zero attached hydrogens (tertiary/aromatic N) is 2. The monoisotopic (exact) mass is 350 g/mol. The summed E-state index contributed by atoms with van der Waals surface area (Å²) in [7, 11) is 0. The maximum absolute atomic E-state index is 11.9. The molecule has 0 aliphatic heterocycles.